The van der Waals surface area contributed by atoms with Crippen molar-refractivity contribution < 1.29 is 22.8 Å². The minimum absolute atomic E-state index is 0.0940. The number of hydrogen-bond donors (Lipinski definition) is 0. The fourth-order valence-electron chi connectivity index (χ4n) is 2.07. The minimum Gasteiger partial charge on any atom is -0.335 e. The maximum atomic E-state index is 12.3. The third-order valence-corrected chi connectivity index (χ3v) is 3.72. The van der Waals surface area contributed by atoms with Crippen LogP contribution in [0.15, 0.2) is 28.7 Å². The molecular weight excluding hydrogens is 353 g/mol. The molecule has 114 valence electrons. The Hall–Kier alpha value is -1.57. The van der Waals surface area contributed by atoms with Gasteiger partial charge in [0.25, 0.3) is 5.91 Å². The van der Waals surface area contributed by atoms with Crippen molar-refractivity contribution >= 4 is 27.7 Å². The van der Waals surface area contributed by atoms with Gasteiger partial charge < -0.3 is 9.80 Å². The van der Waals surface area contributed by atoms with E-state index in [4.69, 9.17) is 0 Å². The Kier molecular flexibility index (Phi) is 4.55. The smallest absolute Gasteiger partial charge is 0.335 e. The first-order chi connectivity index (χ1) is 9.79. The second-order valence-electron chi connectivity index (χ2n) is 4.59. The molecule has 4 nitrogen and oxygen atoms in total. The van der Waals surface area contributed by atoms with Gasteiger partial charge in [-0.15, -0.1) is 0 Å². The molecule has 2 amide bonds. The molecule has 1 aliphatic rings. The Morgan fingerprint density at radius 2 is 1.43 bits per heavy atom. The Labute approximate surface area is 127 Å². The number of carbonyl (C=O) groups excluding carboxylic acids is 2. The number of piperazine rings is 1. The van der Waals surface area contributed by atoms with Crippen LogP contribution in [0.25, 0.3) is 0 Å². The number of nitrogens with zero attached hydrogens (tertiary/aromatic N) is 2. The van der Waals surface area contributed by atoms with Crippen molar-refractivity contribution in [3.05, 3.63) is 34.3 Å². The minimum atomic E-state index is -4.86. The molecule has 2 rings (SSSR count). The predicted molar refractivity (Wildman–Crippen MR) is 72.7 cm³/mol. The molecule has 0 spiro atoms. The lowest BCUT2D eigenvalue weighted by Crippen LogP contribution is -2.53. The summed E-state index contributed by atoms with van der Waals surface area (Å²) in [7, 11) is 0. The van der Waals surface area contributed by atoms with E-state index in [2.05, 4.69) is 15.9 Å². The van der Waals surface area contributed by atoms with Gasteiger partial charge >= 0.3 is 12.1 Å². The molecule has 1 heterocycles. The van der Waals surface area contributed by atoms with Crippen LogP contribution < -0.4 is 0 Å². The monoisotopic (exact) mass is 364 g/mol. The highest BCUT2D eigenvalue weighted by Crippen LogP contribution is 2.20. The average Bonchev–Trinajstić information content (AvgIpc) is 2.46. The van der Waals surface area contributed by atoms with E-state index in [1.807, 2.05) is 0 Å². The summed E-state index contributed by atoms with van der Waals surface area (Å²) >= 11 is 3.26. The van der Waals surface area contributed by atoms with Gasteiger partial charge in [-0.2, -0.15) is 13.2 Å². The van der Waals surface area contributed by atoms with Crippen molar-refractivity contribution in [3.8, 4) is 0 Å². The highest BCUT2D eigenvalue weighted by molar-refractivity contribution is 9.10. The van der Waals surface area contributed by atoms with Crippen LogP contribution in [0.3, 0.4) is 0 Å². The zero-order valence-corrected chi connectivity index (χ0v) is 12.4. The Morgan fingerprint density at radius 3 is 1.90 bits per heavy atom. The molecule has 1 fully saturated rings. The van der Waals surface area contributed by atoms with Crippen LogP contribution in [0.1, 0.15) is 10.4 Å². The summed E-state index contributed by atoms with van der Waals surface area (Å²) in [6, 6.07) is 6.71. The van der Waals surface area contributed by atoms with Gasteiger partial charge in [0.05, 0.1) is 0 Å². The second-order valence-corrected chi connectivity index (χ2v) is 5.50. The number of hydrogen-bond acceptors (Lipinski definition) is 2. The number of halogens is 4. The molecule has 1 aliphatic heterocycles. The van der Waals surface area contributed by atoms with Crippen LogP contribution in [0.2, 0.25) is 0 Å². The number of rotatable bonds is 1. The quantitative estimate of drug-likeness (QED) is 0.767. The van der Waals surface area contributed by atoms with Gasteiger partial charge in [0, 0.05) is 36.2 Å². The van der Waals surface area contributed by atoms with E-state index in [0.717, 1.165) is 9.37 Å². The molecule has 0 unspecified atom stereocenters. The molecule has 0 saturated carbocycles. The fourth-order valence-corrected chi connectivity index (χ4v) is 2.33. The first kappa shape index (κ1) is 15.8. The van der Waals surface area contributed by atoms with Gasteiger partial charge in [0.1, 0.15) is 0 Å². The van der Waals surface area contributed by atoms with Crippen LogP contribution in [0, 0.1) is 0 Å². The Balaban J connectivity index is 1.96. The van der Waals surface area contributed by atoms with E-state index in [-0.39, 0.29) is 32.1 Å². The third kappa shape index (κ3) is 3.75. The van der Waals surface area contributed by atoms with E-state index < -0.39 is 12.1 Å². The maximum Gasteiger partial charge on any atom is 0.471 e. The zero-order valence-electron chi connectivity index (χ0n) is 10.9. The van der Waals surface area contributed by atoms with E-state index in [1.54, 1.807) is 24.3 Å². The fraction of sp³-hybridized carbons (Fsp3) is 0.385. The predicted octanol–water partition coefficient (Wildman–Crippen LogP) is 2.30. The molecule has 1 aromatic carbocycles. The molecule has 0 radical (unpaired) electrons. The summed E-state index contributed by atoms with van der Waals surface area (Å²) in [5.74, 6) is -2.10. The third-order valence-electron chi connectivity index (χ3n) is 3.19. The molecule has 0 aliphatic carbocycles. The largest absolute Gasteiger partial charge is 0.471 e. The molecule has 21 heavy (non-hydrogen) atoms. The van der Waals surface area contributed by atoms with E-state index in [9.17, 15) is 22.8 Å². The lowest BCUT2D eigenvalue weighted by molar-refractivity contribution is -0.186. The topological polar surface area (TPSA) is 40.6 Å². The summed E-state index contributed by atoms with van der Waals surface area (Å²) in [6.45, 7) is -0.0331. The first-order valence-electron chi connectivity index (χ1n) is 6.20. The van der Waals surface area contributed by atoms with Gasteiger partial charge in [-0.05, 0) is 24.3 Å². The molecular formula is C13H12BrF3N2O2. The van der Waals surface area contributed by atoms with Crippen LogP contribution in [-0.4, -0.2) is 54.0 Å². The van der Waals surface area contributed by atoms with Crippen molar-refractivity contribution in [1.29, 1.82) is 0 Å². The molecule has 0 bridgehead atoms. The average molecular weight is 365 g/mol. The van der Waals surface area contributed by atoms with E-state index >= 15 is 0 Å². The zero-order chi connectivity index (χ0) is 15.6. The summed E-state index contributed by atoms with van der Waals surface area (Å²) in [5, 5.41) is 0. The first-order valence-corrected chi connectivity index (χ1v) is 6.99. The van der Waals surface area contributed by atoms with Gasteiger partial charge in [0.15, 0.2) is 0 Å². The van der Waals surface area contributed by atoms with Crippen molar-refractivity contribution in [2.75, 3.05) is 26.2 Å². The summed E-state index contributed by atoms with van der Waals surface area (Å²) in [6.07, 6.45) is -4.86. The molecule has 1 saturated heterocycles. The van der Waals surface area contributed by atoms with Crippen molar-refractivity contribution in [1.82, 2.24) is 9.80 Å². The van der Waals surface area contributed by atoms with Crippen LogP contribution in [0.5, 0.6) is 0 Å². The van der Waals surface area contributed by atoms with Crippen LogP contribution in [-0.2, 0) is 4.79 Å². The molecule has 0 aromatic heterocycles. The summed E-state index contributed by atoms with van der Waals surface area (Å²) < 4.78 is 37.8. The highest BCUT2D eigenvalue weighted by Gasteiger charge is 2.43. The maximum absolute atomic E-state index is 12.3. The molecule has 0 atom stereocenters. The number of benzene rings is 1. The van der Waals surface area contributed by atoms with E-state index in [1.165, 1.54) is 4.90 Å². The van der Waals surface area contributed by atoms with Gasteiger partial charge in [-0.3, -0.25) is 9.59 Å². The number of carbonyl (C=O) groups is 2. The van der Waals surface area contributed by atoms with Gasteiger partial charge in [-0.1, -0.05) is 15.9 Å². The van der Waals surface area contributed by atoms with Gasteiger partial charge in [-0.25, -0.2) is 0 Å². The second kappa shape index (κ2) is 6.05. The van der Waals surface area contributed by atoms with Crippen LogP contribution >= 0.6 is 15.9 Å². The van der Waals surface area contributed by atoms with Crippen molar-refractivity contribution in [3.63, 3.8) is 0 Å². The normalized spacial score (nSPS) is 16.0. The van der Waals surface area contributed by atoms with Gasteiger partial charge in [0.2, 0.25) is 0 Å². The molecule has 0 N–H and O–H groups in total. The summed E-state index contributed by atoms with van der Waals surface area (Å²) in [4.78, 5) is 25.4. The summed E-state index contributed by atoms with van der Waals surface area (Å²) in [5.41, 5.74) is 0.466. The Morgan fingerprint density at radius 1 is 0.952 bits per heavy atom. The molecule has 8 heteroatoms. The van der Waals surface area contributed by atoms with Crippen molar-refractivity contribution in [2.45, 2.75) is 6.18 Å². The van der Waals surface area contributed by atoms with Crippen molar-refractivity contribution in [2.24, 2.45) is 0 Å². The highest BCUT2D eigenvalue weighted by atomic mass is 79.9. The SMILES string of the molecule is O=C(c1ccc(Br)cc1)N1CCN(C(=O)C(F)(F)F)CC1. The Bertz CT molecular complexity index is 537. The molecule has 1 aromatic rings. The number of amides is 2. The van der Waals surface area contributed by atoms with Crippen LogP contribution in [0.4, 0.5) is 13.2 Å². The number of alkyl halides is 3. The lowest BCUT2D eigenvalue weighted by Gasteiger charge is -2.35. The van der Waals surface area contributed by atoms with E-state index in [0.29, 0.717) is 5.56 Å². The standard InChI is InChI=1S/C13H12BrF3N2O2/c14-10-3-1-9(2-4-10)11(20)18-5-7-19(8-6-18)12(21)13(15,16)17/h1-4H,5-8H2. The lowest BCUT2D eigenvalue weighted by atomic mass is 10.2.